The predicted octanol–water partition coefficient (Wildman–Crippen LogP) is 4.67. The van der Waals surface area contributed by atoms with E-state index in [1.807, 2.05) is 42.5 Å². The van der Waals surface area contributed by atoms with Gasteiger partial charge in [-0.05, 0) is 65.4 Å². The third kappa shape index (κ3) is 3.78. The Hall–Kier alpha value is -2.73. The maximum Gasteiger partial charge on any atom is 0.339 e. The number of halogens is 1. The molecule has 1 N–H and O–H groups in total. The van der Waals surface area contributed by atoms with Crippen LogP contribution in [-0.4, -0.2) is 23.5 Å². The number of amides is 1. The summed E-state index contributed by atoms with van der Waals surface area (Å²) in [5, 5.41) is 3.52. The molecule has 2 aromatic carbocycles. The largest absolute Gasteiger partial charge is 0.452 e. The standard InChI is InChI=1S/C22H19BrN2O3/c23-16-9-3-6-12-19(16)25-20(26)13-28-22(27)21-14-7-1-4-10-17(14)24-18-11-5-2-8-15(18)21/h1,3-4,6-7,9-10,12H,2,5,8,11,13H2,(H,25,26). The van der Waals surface area contributed by atoms with Crippen molar-refractivity contribution in [2.45, 2.75) is 25.7 Å². The predicted molar refractivity (Wildman–Crippen MR) is 111 cm³/mol. The average molecular weight is 439 g/mol. The van der Waals surface area contributed by atoms with Gasteiger partial charge in [0, 0.05) is 15.6 Å². The smallest absolute Gasteiger partial charge is 0.339 e. The molecular formula is C22H19BrN2O3. The lowest BCUT2D eigenvalue weighted by atomic mass is 9.90. The van der Waals surface area contributed by atoms with Crippen LogP contribution >= 0.6 is 15.9 Å². The SMILES string of the molecule is O=C(COC(=O)c1c2c(nc3ccccc13)CCCC2)Nc1ccccc1Br. The highest BCUT2D eigenvalue weighted by Gasteiger charge is 2.24. The van der Waals surface area contributed by atoms with Crippen LogP contribution in [0.3, 0.4) is 0 Å². The van der Waals surface area contributed by atoms with Gasteiger partial charge in [-0.2, -0.15) is 0 Å². The summed E-state index contributed by atoms with van der Waals surface area (Å²) in [4.78, 5) is 29.9. The molecule has 0 bridgehead atoms. The van der Waals surface area contributed by atoms with E-state index >= 15 is 0 Å². The molecule has 0 spiro atoms. The lowest BCUT2D eigenvalue weighted by molar-refractivity contribution is -0.119. The molecule has 1 aliphatic rings. The zero-order valence-electron chi connectivity index (χ0n) is 15.2. The van der Waals surface area contributed by atoms with Crippen molar-refractivity contribution in [1.82, 2.24) is 4.98 Å². The number of para-hydroxylation sites is 2. The molecule has 0 aliphatic heterocycles. The topological polar surface area (TPSA) is 68.3 Å². The van der Waals surface area contributed by atoms with Crippen LogP contribution in [0.25, 0.3) is 10.9 Å². The molecule has 1 aliphatic carbocycles. The lowest BCUT2D eigenvalue weighted by Crippen LogP contribution is -2.22. The first-order chi connectivity index (χ1) is 13.6. The van der Waals surface area contributed by atoms with Crippen LogP contribution in [0.5, 0.6) is 0 Å². The van der Waals surface area contributed by atoms with E-state index in [-0.39, 0.29) is 12.5 Å². The molecule has 5 nitrogen and oxygen atoms in total. The fourth-order valence-corrected chi connectivity index (χ4v) is 3.94. The summed E-state index contributed by atoms with van der Waals surface area (Å²) in [6, 6.07) is 14.9. The number of anilines is 1. The Kier molecular flexibility index (Phi) is 5.39. The van der Waals surface area contributed by atoms with Crippen molar-refractivity contribution in [2.24, 2.45) is 0 Å². The number of nitrogens with zero attached hydrogens (tertiary/aromatic N) is 1. The monoisotopic (exact) mass is 438 g/mol. The summed E-state index contributed by atoms with van der Waals surface area (Å²) in [6.07, 6.45) is 3.76. The maximum atomic E-state index is 12.9. The van der Waals surface area contributed by atoms with Gasteiger partial charge in [-0.25, -0.2) is 4.79 Å². The molecular weight excluding hydrogens is 420 g/mol. The highest BCUT2D eigenvalue weighted by atomic mass is 79.9. The summed E-state index contributed by atoms with van der Waals surface area (Å²) in [5.74, 6) is -0.855. The number of rotatable bonds is 4. The molecule has 6 heteroatoms. The fourth-order valence-electron chi connectivity index (χ4n) is 3.56. The second kappa shape index (κ2) is 8.10. The Morgan fingerprint density at radius 3 is 2.64 bits per heavy atom. The molecule has 4 rings (SSSR count). The Balaban J connectivity index is 1.56. The third-order valence-electron chi connectivity index (χ3n) is 4.86. The third-order valence-corrected chi connectivity index (χ3v) is 5.55. The lowest BCUT2D eigenvalue weighted by Gasteiger charge is -2.20. The minimum absolute atomic E-state index is 0.342. The van der Waals surface area contributed by atoms with E-state index in [1.165, 1.54) is 0 Å². The molecule has 0 saturated carbocycles. The number of esters is 1. The Labute approximate surface area is 171 Å². The van der Waals surface area contributed by atoms with Crippen LogP contribution < -0.4 is 5.32 Å². The number of nitrogens with one attached hydrogen (secondary N) is 1. The maximum absolute atomic E-state index is 12.9. The van der Waals surface area contributed by atoms with Gasteiger partial charge in [-0.3, -0.25) is 9.78 Å². The minimum Gasteiger partial charge on any atom is -0.452 e. The van der Waals surface area contributed by atoms with E-state index in [1.54, 1.807) is 6.07 Å². The van der Waals surface area contributed by atoms with Gasteiger partial charge < -0.3 is 10.1 Å². The molecule has 0 unspecified atom stereocenters. The van der Waals surface area contributed by atoms with Crippen LogP contribution in [-0.2, 0) is 22.4 Å². The summed E-state index contributed by atoms with van der Waals surface area (Å²) >= 11 is 3.38. The van der Waals surface area contributed by atoms with Crippen LogP contribution in [0.15, 0.2) is 53.0 Å². The highest BCUT2D eigenvalue weighted by molar-refractivity contribution is 9.10. The van der Waals surface area contributed by atoms with Gasteiger partial charge in [0.1, 0.15) is 0 Å². The number of pyridine rings is 1. The van der Waals surface area contributed by atoms with E-state index < -0.39 is 5.97 Å². The van der Waals surface area contributed by atoms with Gasteiger partial charge in [0.25, 0.3) is 5.91 Å². The number of ether oxygens (including phenoxy) is 1. The van der Waals surface area contributed by atoms with Gasteiger partial charge in [-0.1, -0.05) is 30.3 Å². The van der Waals surface area contributed by atoms with Crippen molar-refractivity contribution in [2.75, 3.05) is 11.9 Å². The zero-order chi connectivity index (χ0) is 19.5. The molecule has 0 radical (unpaired) electrons. The number of fused-ring (bicyclic) bond motifs is 2. The van der Waals surface area contributed by atoms with Gasteiger partial charge in [0.05, 0.1) is 16.8 Å². The first-order valence-electron chi connectivity index (χ1n) is 9.25. The van der Waals surface area contributed by atoms with Crippen LogP contribution in [0, 0.1) is 0 Å². The van der Waals surface area contributed by atoms with Crippen molar-refractivity contribution in [3.05, 3.63) is 69.8 Å². The quantitative estimate of drug-likeness (QED) is 0.600. The van der Waals surface area contributed by atoms with Gasteiger partial charge in [-0.15, -0.1) is 0 Å². The molecule has 0 atom stereocenters. The van der Waals surface area contributed by atoms with Crippen molar-refractivity contribution < 1.29 is 14.3 Å². The van der Waals surface area contributed by atoms with Gasteiger partial charge in [0.2, 0.25) is 0 Å². The molecule has 1 amide bonds. The van der Waals surface area contributed by atoms with E-state index in [4.69, 9.17) is 9.72 Å². The number of hydrogen-bond acceptors (Lipinski definition) is 4. The highest BCUT2D eigenvalue weighted by Crippen LogP contribution is 2.29. The number of hydrogen-bond donors (Lipinski definition) is 1. The molecule has 142 valence electrons. The molecule has 3 aromatic rings. The van der Waals surface area contributed by atoms with E-state index in [0.29, 0.717) is 11.3 Å². The van der Waals surface area contributed by atoms with Crippen LogP contribution in [0.1, 0.15) is 34.5 Å². The van der Waals surface area contributed by atoms with E-state index in [0.717, 1.165) is 52.3 Å². The Bertz CT molecular complexity index is 1060. The summed E-state index contributed by atoms with van der Waals surface area (Å²) in [7, 11) is 0. The van der Waals surface area contributed by atoms with Crippen molar-refractivity contribution in [1.29, 1.82) is 0 Å². The number of aryl methyl sites for hydroxylation is 1. The zero-order valence-corrected chi connectivity index (χ0v) is 16.8. The summed E-state index contributed by atoms with van der Waals surface area (Å²) < 4.78 is 6.15. The van der Waals surface area contributed by atoms with Crippen molar-refractivity contribution >= 4 is 44.4 Å². The molecule has 1 heterocycles. The normalized spacial score (nSPS) is 13.0. The van der Waals surface area contributed by atoms with Gasteiger partial charge >= 0.3 is 5.97 Å². The number of benzene rings is 2. The van der Waals surface area contributed by atoms with Crippen molar-refractivity contribution in [3.8, 4) is 0 Å². The Morgan fingerprint density at radius 2 is 1.79 bits per heavy atom. The van der Waals surface area contributed by atoms with Gasteiger partial charge in [0.15, 0.2) is 6.61 Å². The van der Waals surface area contributed by atoms with E-state index in [2.05, 4.69) is 21.2 Å². The Morgan fingerprint density at radius 1 is 1.04 bits per heavy atom. The second-order valence-electron chi connectivity index (χ2n) is 6.74. The number of aromatic nitrogens is 1. The van der Waals surface area contributed by atoms with Crippen LogP contribution in [0.2, 0.25) is 0 Å². The first-order valence-corrected chi connectivity index (χ1v) is 10.0. The van der Waals surface area contributed by atoms with Crippen LogP contribution in [0.4, 0.5) is 5.69 Å². The van der Waals surface area contributed by atoms with Crippen molar-refractivity contribution in [3.63, 3.8) is 0 Å². The first kappa shape index (κ1) is 18.6. The fraction of sp³-hybridized carbons (Fsp3) is 0.227. The number of carbonyl (C=O) groups is 2. The second-order valence-corrected chi connectivity index (χ2v) is 7.59. The summed E-state index contributed by atoms with van der Waals surface area (Å²) in [6.45, 7) is -0.342. The van der Waals surface area contributed by atoms with E-state index in [9.17, 15) is 9.59 Å². The number of carbonyl (C=O) groups excluding carboxylic acids is 2. The minimum atomic E-state index is -0.473. The molecule has 28 heavy (non-hydrogen) atoms. The molecule has 1 aromatic heterocycles. The average Bonchev–Trinajstić information content (AvgIpc) is 2.72. The molecule has 0 fully saturated rings. The summed E-state index contributed by atoms with van der Waals surface area (Å²) in [5.41, 5.74) is 3.90. The molecule has 0 saturated heterocycles.